The monoisotopic (exact) mass is 357 g/mol. The maximum Gasteiger partial charge on any atom is 0.389 e. The molecule has 1 atom stereocenters. The summed E-state index contributed by atoms with van der Waals surface area (Å²) in [6.07, 6.45) is -4.07. The smallest absolute Gasteiger partial charge is 0.310 e. The van der Waals surface area contributed by atoms with Crippen molar-refractivity contribution in [2.75, 3.05) is 6.54 Å². The molecule has 1 nitrogen and oxygen atoms in total. The Balaban J connectivity index is 2.82. The van der Waals surface area contributed by atoms with Gasteiger partial charge in [0, 0.05) is 22.0 Å². The van der Waals surface area contributed by atoms with Gasteiger partial charge in [-0.05, 0) is 43.1 Å². The molecule has 0 saturated heterocycles. The molecule has 0 aliphatic heterocycles. The lowest BCUT2D eigenvalue weighted by atomic mass is 10.0. The van der Waals surface area contributed by atoms with Crippen LogP contribution in [0.5, 0.6) is 0 Å². The number of benzene rings is 1. The molecule has 0 spiro atoms. The molecule has 1 N–H and O–H groups in total. The van der Waals surface area contributed by atoms with Gasteiger partial charge in [-0.25, -0.2) is 0 Å². The van der Waals surface area contributed by atoms with Gasteiger partial charge in [0.25, 0.3) is 0 Å². The summed E-state index contributed by atoms with van der Waals surface area (Å²) in [5.41, 5.74) is 0.775. The van der Waals surface area contributed by atoms with Gasteiger partial charge in [0.2, 0.25) is 0 Å². The van der Waals surface area contributed by atoms with Gasteiger partial charge in [-0.2, -0.15) is 13.2 Å². The first-order valence-electron chi connectivity index (χ1n) is 6.08. The lowest BCUT2D eigenvalue weighted by molar-refractivity contribution is -0.136. The number of hydrogen-bond acceptors (Lipinski definition) is 1. The lowest BCUT2D eigenvalue weighted by Crippen LogP contribution is -2.24. The molecule has 0 heterocycles. The van der Waals surface area contributed by atoms with Gasteiger partial charge in [-0.1, -0.05) is 34.5 Å². The second-order valence-electron chi connectivity index (χ2n) is 4.36. The van der Waals surface area contributed by atoms with Crippen molar-refractivity contribution in [2.24, 2.45) is 0 Å². The van der Waals surface area contributed by atoms with Crippen molar-refractivity contribution in [2.45, 2.75) is 38.4 Å². The highest BCUT2D eigenvalue weighted by molar-refractivity contribution is 9.10. The molecule has 0 aliphatic carbocycles. The molecule has 0 amide bonds. The summed E-state index contributed by atoms with van der Waals surface area (Å²) in [5, 5.41) is 3.65. The molecular formula is C13H16BrClF3N. The third-order valence-corrected chi connectivity index (χ3v) is 3.32. The normalized spacial score (nSPS) is 13.6. The minimum atomic E-state index is -4.14. The Hall–Kier alpha value is -0.260. The summed E-state index contributed by atoms with van der Waals surface area (Å²) in [7, 11) is 0. The summed E-state index contributed by atoms with van der Waals surface area (Å²) in [6, 6.07) is 4.88. The van der Waals surface area contributed by atoms with E-state index >= 15 is 0 Å². The average molecular weight is 359 g/mol. The van der Waals surface area contributed by atoms with Crippen LogP contribution in [0.15, 0.2) is 22.7 Å². The van der Waals surface area contributed by atoms with E-state index in [1.807, 2.05) is 6.92 Å². The first kappa shape index (κ1) is 16.8. The highest BCUT2D eigenvalue weighted by atomic mass is 79.9. The van der Waals surface area contributed by atoms with Crippen molar-refractivity contribution in [3.8, 4) is 0 Å². The number of nitrogens with one attached hydrogen (secondary N) is 1. The first-order chi connectivity index (χ1) is 8.81. The fourth-order valence-electron chi connectivity index (χ4n) is 1.79. The summed E-state index contributed by atoms with van der Waals surface area (Å²) in [6.45, 7) is 2.65. The highest BCUT2D eigenvalue weighted by Crippen LogP contribution is 2.30. The molecule has 1 rings (SSSR count). The Labute approximate surface area is 124 Å². The van der Waals surface area contributed by atoms with Gasteiger partial charge < -0.3 is 5.32 Å². The van der Waals surface area contributed by atoms with Crippen LogP contribution >= 0.6 is 27.5 Å². The molecule has 6 heteroatoms. The summed E-state index contributed by atoms with van der Waals surface area (Å²) in [4.78, 5) is 0. The average Bonchev–Trinajstić information content (AvgIpc) is 2.26. The summed E-state index contributed by atoms with van der Waals surface area (Å²) < 4.78 is 37.8. The molecule has 1 aromatic rings. The van der Waals surface area contributed by atoms with Crippen LogP contribution in [0, 0.1) is 0 Å². The zero-order valence-corrected chi connectivity index (χ0v) is 12.9. The topological polar surface area (TPSA) is 12.0 Å². The molecular weight excluding hydrogens is 343 g/mol. The Morgan fingerprint density at radius 3 is 2.53 bits per heavy atom. The second-order valence-corrected chi connectivity index (χ2v) is 5.72. The van der Waals surface area contributed by atoms with Gasteiger partial charge in [0.05, 0.1) is 0 Å². The third-order valence-electron chi connectivity index (χ3n) is 2.64. The van der Waals surface area contributed by atoms with Crippen LogP contribution in [0.25, 0.3) is 0 Å². The van der Waals surface area contributed by atoms with Crippen LogP contribution in [0.3, 0.4) is 0 Å². The molecule has 0 bridgehead atoms. The number of halogens is 5. The first-order valence-corrected chi connectivity index (χ1v) is 7.25. The van der Waals surface area contributed by atoms with Crippen molar-refractivity contribution in [1.29, 1.82) is 0 Å². The van der Waals surface area contributed by atoms with Crippen LogP contribution in [-0.4, -0.2) is 12.7 Å². The fourth-order valence-corrected chi connectivity index (χ4v) is 2.68. The van der Waals surface area contributed by atoms with E-state index in [4.69, 9.17) is 11.6 Å². The SMILES string of the molecule is CCCNC(CCC(F)(F)F)c1cc(Cl)cc(Br)c1. The van der Waals surface area contributed by atoms with E-state index in [9.17, 15) is 13.2 Å². The molecule has 1 unspecified atom stereocenters. The zero-order chi connectivity index (χ0) is 14.5. The highest BCUT2D eigenvalue weighted by Gasteiger charge is 2.28. The van der Waals surface area contributed by atoms with Gasteiger partial charge in [0.15, 0.2) is 0 Å². The number of hydrogen-bond donors (Lipinski definition) is 1. The molecule has 0 saturated carbocycles. The third kappa shape index (κ3) is 6.63. The summed E-state index contributed by atoms with van der Waals surface area (Å²) >= 11 is 9.24. The van der Waals surface area contributed by atoms with Gasteiger partial charge >= 0.3 is 6.18 Å². The quantitative estimate of drug-likeness (QED) is 0.709. The van der Waals surface area contributed by atoms with Crippen LogP contribution in [0.1, 0.15) is 37.8 Å². The van der Waals surface area contributed by atoms with E-state index in [0.29, 0.717) is 11.6 Å². The fraction of sp³-hybridized carbons (Fsp3) is 0.538. The largest absolute Gasteiger partial charge is 0.389 e. The Morgan fingerprint density at radius 1 is 1.32 bits per heavy atom. The predicted octanol–water partition coefficient (Wildman–Crippen LogP) is 5.49. The minimum Gasteiger partial charge on any atom is -0.310 e. The van der Waals surface area contributed by atoms with Crippen molar-refractivity contribution in [1.82, 2.24) is 5.32 Å². The second kappa shape index (κ2) is 7.50. The van der Waals surface area contributed by atoms with Crippen LogP contribution in [-0.2, 0) is 0 Å². The molecule has 19 heavy (non-hydrogen) atoms. The minimum absolute atomic E-state index is 0.0102. The van der Waals surface area contributed by atoms with E-state index < -0.39 is 12.6 Å². The molecule has 0 aromatic heterocycles. The van der Waals surface area contributed by atoms with Gasteiger partial charge in [-0.3, -0.25) is 0 Å². The predicted molar refractivity (Wildman–Crippen MR) is 75.5 cm³/mol. The standard InChI is InChI=1S/C13H16BrClF3N/c1-2-5-19-12(3-4-13(16,17)18)9-6-10(14)8-11(15)7-9/h6-8,12,19H,2-5H2,1H3. The van der Waals surface area contributed by atoms with Crippen LogP contribution in [0.4, 0.5) is 13.2 Å². The van der Waals surface area contributed by atoms with E-state index in [0.717, 1.165) is 16.5 Å². The molecule has 1 aromatic carbocycles. The van der Waals surface area contributed by atoms with Crippen molar-refractivity contribution < 1.29 is 13.2 Å². The van der Waals surface area contributed by atoms with Crippen molar-refractivity contribution in [3.05, 3.63) is 33.3 Å². The van der Waals surface area contributed by atoms with Gasteiger partial charge in [0.1, 0.15) is 0 Å². The lowest BCUT2D eigenvalue weighted by Gasteiger charge is -2.20. The summed E-state index contributed by atoms with van der Waals surface area (Å²) in [5.74, 6) is 0. The van der Waals surface area contributed by atoms with E-state index in [2.05, 4.69) is 21.2 Å². The van der Waals surface area contributed by atoms with Crippen LogP contribution in [0.2, 0.25) is 5.02 Å². The van der Waals surface area contributed by atoms with E-state index in [1.54, 1.807) is 18.2 Å². The number of alkyl halides is 3. The maximum atomic E-state index is 12.3. The van der Waals surface area contributed by atoms with Crippen molar-refractivity contribution >= 4 is 27.5 Å². The zero-order valence-electron chi connectivity index (χ0n) is 10.5. The van der Waals surface area contributed by atoms with Crippen molar-refractivity contribution in [3.63, 3.8) is 0 Å². The maximum absolute atomic E-state index is 12.3. The van der Waals surface area contributed by atoms with Gasteiger partial charge in [-0.15, -0.1) is 0 Å². The van der Waals surface area contributed by atoms with E-state index in [-0.39, 0.29) is 12.5 Å². The molecule has 108 valence electrons. The molecule has 0 fully saturated rings. The molecule has 0 radical (unpaired) electrons. The van der Waals surface area contributed by atoms with E-state index in [1.165, 1.54) is 0 Å². The Kier molecular flexibility index (Phi) is 6.63. The Bertz CT molecular complexity index is 389. The Morgan fingerprint density at radius 2 is 2.00 bits per heavy atom. The molecule has 0 aliphatic rings. The van der Waals surface area contributed by atoms with Crippen LogP contribution < -0.4 is 5.32 Å². The number of rotatable bonds is 6.